The zero-order valence-electron chi connectivity index (χ0n) is 17.2. The third kappa shape index (κ3) is 4.55. The van der Waals surface area contributed by atoms with Crippen LogP contribution in [0.25, 0.3) is 10.1 Å². The van der Waals surface area contributed by atoms with Crippen LogP contribution in [0, 0.1) is 5.92 Å². The van der Waals surface area contributed by atoms with Gasteiger partial charge in [0.05, 0.1) is 17.7 Å². The quantitative estimate of drug-likeness (QED) is 0.783. The van der Waals surface area contributed by atoms with Crippen LogP contribution >= 0.6 is 11.3 Å². The molecular formula is C21H28N4O3S. The molecule has 0 aliphatic carbocycles. The number of nitrogens with one attached hydrogen (secondary N) is 1. The number of carbonyl (C=O) groups is 1. The highest BCUT2D eigenvalue weighted by Gasteiger charge is 2.23. The van der Waals surface area contributed by atoms with Crippen molar-refractivity contribution in [2.24, 2.45) is 11.0 Å². The van der Waals surface area contributed by atoms with Gasteiger partial charge in [0.2, 0.25) is 5.91 Å². The van der Waals surface area contributed by atoms with E-state index in [0.29, 0.717) is 13.0 Å². The summed E-state index contributed by atoms with van der Waals surface area (Å²) in [6, 6.07) is 6.20. The Morgan fingerprint density at radius 1 is 1.21 bits per heavy atom. The highest BCUT2D eigenvalue weighted by Crippen LogP contribution is 2.37. The molecule has 1 atom stereocenters. The predicted octanol–water partition coefficient (Wildman–Crippen LogP) is 2.40. The SMILES string of the molecule is COc1cc2sc(C3=NNC(=O)CC3C)cc2cc1OCCN1CCN(C)CC1. The first kappa shape index (κ1) is 20.1. The van der Waals surface area contributed by atoms with E-state index in [1.54, 1.807) is 18.4 Å². The van der Waals surface area contributed by atoms with Crippen molar-refractivity contribution in [1.29, 1.82) is 0 Å². The van der Waals surface area contributed by atoms with Crippen molar-refractivity contribution in [3.8, 4) is 11.5 Å². The van der Waals surface area contributed by atoms with E-state index in [-0.39, 0.29) is 11.8 Å². The second-order valence-corrected chi connectivity index (χ2v) is 8.87. The van der Waals surface area contributed by atoms with Crippen LogP contribution < -0.4 is 14.9 Å². The number of benzene rings is 1. The lowest BCUT2D eigenvalue weighted by atomic mass is 9.99. The van der Waals surface area contributed by atoms with Gasteiger partial charge in [0, 0.05) is 55.8 Å². The highest BCUT2D eigenvalue weighted by atomic mass is 32.1. The zero-order valence-corrected chi connectivity index (χ0v) is 18.1. The monoisotopic (exact) mass is 416 g/mol. The van der Waals surface area contributed by atoms with Gasteiger partial charge >= 0.3 is 0 Å². The van der Waals surface area contributed by atoms with Gasteiger partial charge in [-0.3, -0.25) is 9.69 Å². The third-order valence-electron chi connectivity index (χ3n) is 5.58. The second kappa shape index (κ2) is 8.69. The molecule has 0 radical (unpaired) electrons. The Balaban J connectivity index is 1.48. The van der Waals surface area contributed by atoms with Crippen LogP contribution in [0.3, 0.4) is 0 Å². The van der Waals surface area contributed by atoms with E-state index in [1.165, 1.54) is 0 Å². The molecule has 2 aromatic rings. The molecule has 0 saturated carbocycles. The number of hydrogen-bond acceptors (Lipinski definition) is 7. The fourth-order valence-electron chi connectivity index (χ4n) is 3.75. The molecule has 1 saturated heterocycles. The number of piperazine rings is 1. The molecule has 4 rings (SSSR count). The van der Waals surface area contributed by atoms with E-state index in [2.05, 4.69) is 33.4 Å². The number of carbonyl (C=O) groups excluding carboxylic acids is 1. The fourth-order valence-corrected chi connectivity index (χ4v) is 4.93. The van der Waals surface area contributed by atoms with E-state index in [1.807, 2.05) is 19.1 Å². The van der Waals surface area contributed by atoms with Gasteiger partial charge < -0.3 is 14.4 Å². The molecule has 0 bridgehead atoms. The maximum atomic E-state index is 11.5. The second-order valence-electron chi connectivity index (χ2n) is 7.78. The number of hydrazone groups is 1. The van der Waals surface area contributed by atoms with E-state index < -0.39 is 0 Å². The minimum absolute atomic E-state index is 0.0277. The number of methoxy groups -OCH3 is 1. The van der Waals surface area contributed by atoms with Crippen LogP contribution in [0.15, 0.2) is 23.3 Å². The number of fused-ring (bicyclic) bond motifs is 1. The predicted molar refractivity (Wildman–Crippen MR) is 116 cm³/mol. The summed E-state index contributed by atoms with van der Waals surface area (Å²) in [5, 5.41) is 5.39. The van der Waals surface area contributed by atoms with Gasteiger partial charge in [0.1, 0.15) is 6.61 Å². The first-order chi connectivity index (χ1) is 14.0. The van der Waals surface area contributed by atoms with Gasteiger partial charge in [-0.05, 0) is 24.6 Å². The Morgan fingerprint density at radius 2 is 2.00 bits per heavy atom. The molecular weight excluding hydrogens is 388 g/mol. The van der Waals surface area contributed by atoms with Crippen LogP contribution in [-0.4, -0.2) is 74.9 Å². The van der Waals surface area contributed by atoms with Crippen molar-refractivity contribution in [1.82, 2.24) is 15.2 Å². The zero-order chi connectivity index (χ0) is 20.4. The summed E-state index contributed by atoms with van der Waals surface area (Å²) in [7, 11) is 3.84. The normalized spacial score (nSPS) is 21.1. The number of hydrogen-bond donors (Lipinski definition) is 1. The molecule has 2 aliphatic rings. The number of ether oxygens (including phenoxy) is 2. The van der Waals surface area contributed by atoms with Crippen molar-refractivity contribution >= 4 is 33.0 Å². The Morgan fingerprint density at radius 3 is 2.72 bits per heavy atom. The molecule has 1 amide bonds. The van der Waals surface area contributed by atoms with Crippen LogP contribution in [-0.2, 0) is 4.79 Å². The number of likely N-dealkylation sites (N-methyl/N-ethyl adjacent to an activating group) is 1. The summed E-state index contributed by atoms with van der Waals surface area (Å²) >= 11 is 1.66. The molecule has 1 N–H and O–H groups in total. The maximum Gasteiger partial charge on any atom is 0.240 e. The lowest BCUT2D eigenvalue weighted by Crippen LogP contribution is -2.45. The Kier molecular flexibility index (Phi) is 6.03. The first-order valence-electron chi connectivity index (χ1n) is 10.1. The van der Waals surface area contributed by atoms with Crippen LogP contribution in [0.2, 0.25) is 0 Å². The summed E-state index contributed by atoms with van der Waals surface area (Å²) in [5.74, 6) is 1.60. The molecule has 2 aliphatic heterocycles. The Labute approximate surface area is 175 Å². The van der Waals surface area contributed by atoms with Gasteiger partial charge in [-0.15, -0.1) is 11.3 Å². The molecule has 29 heavy (non-hydrogen) atoms. The lowest BCUT2D eigenvalue weighted by molar-refractivity contribution is -0.121. The number of amides is 1. The lowest BCUT2D eigenvalue weighted by Gasteiger charge is -2.32. The maximum absolute atomic E-state index is 11.5. The molecule has 0 spiro atoms. The molecule has 1 aromatic carbocycles. The summed E-state index contributed by atoms with van der Waals surface area (Å²) < 4.78 is 12.8. The molecule has 156 valence electrons. The molecule has 3 heterocycles. The molecule has 7 nitrogen and oxygen atoms in total. The van der Waals surface area contributed by atoms with Gasteiger partial charge in [-0.1, -0.05) is 6.92 Å². The summed E-state index contributed by atoms with van der Waals surface area (Å²) in [6.45, 7) is 7.97. The van der Waals surface area contributed by atoms with Crippen LogP contribution in [0.1, 0.15) is 18.2 Å². The Hall–Kier alpha value is -2.16. The van der Waals surface area contributed by atoms with Gasteiger partial charge in [-0.2, -0.15) is 5.10 Å². The van der Waals surface area contributed by atoms with Crippen molar-refractivity contribution < 1.29 is 14.3 Å². The topological polar surface area (TPSA) is 66.4 Å². The number of nitrogens with zero attached hydrogens (tertiary/aromatic N) is 3. The van der Waals surface area contributed by atoms with Crippen molar-refractivity contribution in [2.75, 3.05) is 53.5 Å². The first-order valence-corrected chi connectivity index (χ1v) is 10.9. The van der Waals surface area contributed by atoms with Crippen LogP contribution in [0.5, 0.6) is 11.5 Å². The standard InChI is InChI=1S/C21H28N4O3S/c1-14-10-20(26)22-23-21(14)19-12-15-11-17(16(27-3)13-18(15)29-19)28-9-8-25-6-4-24(2)5-7-25/h11-14H,4-10H2,1-3H3,(H,22,26). The van der Waals surface area contributed by atoms with Crippen molar-refractivity contribution in [2.45, 2.75) is 13.3 Å². The molecule has 8 heteroatoms. The fraction of sp³-hybridized carbons (Fsp3) is 0.524. The van der Waals surface area contributed by atoms with Crippen molar-refractivity contribution in [3.05, 3.63) is 23.1 Å². The van der Waals surface area contributed by atoms with E-state index >= 15 is 0 Å². The van der Waals surface area contributed by atoms with Crippen LogP contribution in [0.4, 0.5) is 0 Å². The average Bonchev–Trinajstić information content (AvgIpc) is 3.11. The number of thiophene rings is 1. The van der Waals surface area contributed by atoms with Gasteiger partial charge in [0.15, 0.2) is 11.5 Å². The summed E-state index contributed by atoms with van der Waals surface area (Å²) in [4.78, 5) is 17.4. The largest absolute Gasteiger partial charge is 0.493 e. The van der Waals surface area contributed by atoms with Crippen molar-refractivity contribution in [3.63, 3.8) is 0 Å². The van der Waals surface area contributed by atoms with E-state index in [4.69, 9.17) is 9.47 Å². The Bertz CT molecular complexity index is 918. The molecule has 1 aromatic heterocycles. The average molecular weight is 417 g/mol. The highest BCUT2D eigenvalue weighted by molar-refractivity contribution is 7.21. The molecule has 1 unspecified atom stereocenters. The van der Waals surface area contributed by atoms with Gasteiger partial charge in [-0.25, -0.2) is 5.43 Å². The minimum Gasteiger partial charge on any atom is -0.493 e. The summed E-state index contributed by atoms with van der Waals surface area (Å²) in [5.41, 5.74) is 3.53. The van der Waals surface area contributed by atoms with E-state index in [0.717, 1.165) is 64.9 Å². The van der Waals surface area contributed by atoms with E-state index in [9.17, 15) is 4.79 Å². The third-order valence-corrected chi connectivity index (χ3v) is 6.70. The smallest absolute Gasteiger partial charge is 0.240 e. The van der Waals surface area contributed by atoms with Gasteiger partial charge in [0.25, 0.3) is 0 Å². The number of rotatable bonds is 6. The molecule has 1 fully saturated rings. The summed E-state index contributed by atoms with van der Waals surface area (Å²) in [6.07, 6.45) is 0.469. The minimum atomic E-state index is -0.0277.